The van der Waals surface area contributed by atoms with Gasteiger partial charge in [-0.3, -0.25) is 5.10 Å². The van der Waals surface area contributed by atoms with E-state index in [9.17, 15) is 18.3 Å². The van der Waals surface area contributed by atoms with Crippen molar-refractivity contribution < 1.29 is 22.9 Å². The van der Waals surface area contributed by atoms with E-state index in [4.69, 9.17) is 4.65 Å². The lowest BCUT2D eigenvalue weighted by atomic mass is 9.82. The van der Waals surface area contributed by atoms with Crippen LogP contribution < -0.4 is 5.46 Å². The number of rotatable bonds is 4. The topological polar surface area (TPSA) is 58.1 Å². The summed E-state index contributed by atoms with van der Waals surface area (Å²) in [6.45, 7) is 6.19. The molecule has 0 aliphatic carbocycles. The van der Waals surface area contributed by atoms with E-state index in [1.165, 1.54) is 13.8 Å². The largest absolute Gasteiger partial charge is 0.432 e. The average Bonchev–Trinajstić information content (AvgIpc) is 2.59. The molecule has 0 unspecified atom stereocenters. The molecule has 0 aromatic carbocycles. The van der Waals surface area contributed by atoms with Crippen molar-refractivity contribution >= 4 is 12.9 Å². The van der Waals surface area contributed by atoms with Crippen LogP contribution in [0.4, 0.5) is 13.2 Å². The Kier molecular flexibility index (Phi) is 3.83. The summed E-state index contributed by atoms with van der Waals surface area (Å²) >= 11 is 0. The molecule has 1 aromatic rings. The summed E-state index contributed by atoms with van der Waals surface area (Å²) in [5, 5.41) is 15.0. The molecule has 0 fully saturated rings. The van der Waals surface area contributed by atoms with Crippen molar-refractivity contribution in [3.8, 4) is 0 Å². The molecule has 0 aliphatic heterocycles. The Labute approximate surface area is 104 Å². The van der Waals surface area contributed by atoms with Gasteiger partial charge in [0.1, 0.15) is 5.69 Å². The van der Waals surface area contributed by atoms with Crippen LogP contribution in [0, 0.1) is 0 Å². The van der Waals surface area contributed by atoms with Gasteiger partial charge in [0.2, 0.25) is 0 Å². The van der Waals surface area contributed by atoms with Crippen LogP contribution in [0.25, 0.3) is 0 Å². The first-order valence-corrected chi connectivity index (χ1v) is 5.29. The molecular weight excluding hydrogens is 248 g/mol. The number of nitrogens with one attached hydrogen (secondary N) is 1. The molecule has 1 heterocycles. The molecule has 8 heteroatoms. The van der Waals surface area contributed by atoms with Crippen LogP contribution in [-0.2, 0) is 10.8 Å². The smallest absolute Gasteiger partial charge is 0.426 e. The second-order valence-corrected chi connectivity index (χ2v) is 5.00. The number of aromatic nitrogens is 2. The SMILES string of the molecule is CC(C)(O)C(C)(C)O[B]c1cn[nH]c1C(F)(F)F. The number of aliphatic hydroxyl groups is 1. The molecule has 18 heavy (non-hydrogen) atoms. The number of hydrogen-bond acceptors (Lipinski definition) is 3. The first kappa shape index (κ1) is 15.0. The van der Waals surface area contributed by atoms with Crippen LogP contribution in [0.5, 0.6) is 0 Å². The lowest BCUT2D eigenvalue weighted by molar-refractivity contribution is -0.140. The molecule has 0 bridgehead atoms. The molecule has 0 amide bonds. The van der Waals surface area contributed by atoms with Gasteiger partial charge in [-0.2, -0.15) is 18.3 Å². The molecule has 2 N–H and O–H groups in total. The summed E-state index contributed by atoms with van der Waals surface area (Å²) in [5.74, 6) is 0. The van der Waals surface area contributed by atoms with E-state index in [1.54, 1.807) is 13.8 Å². The quantitative estimate of drug-likeness (QED) is 0.803. The molecule has 0 saturated carbocycles. The van der Waals surface area contributed by atoms with Crippen molar-refractivity contribution in [2.45, 2.75) is 45.1 Å². The third kappa shape index (κ3) is 3.26. The van der Waals surface area contributed by atoms with E-state index in [0.29, 0.717) is 0 Å². The fourth-order valence-corrected chi connectivity index (χ4v) is 0.967. The maximum Gasteiger partial charge on any atom is 0.432 e. The van der Waals surface area contributed by atoms with E-state index in [0.717, 1.165) is 13.7 Å². The first-order valence-electron chi connectivity index (χ1n) is 5.29. The van der Waals surface area contributed by atoms with Crippen molar-refractivity contribution in [2.75, 3.05) is 0 Å². The standard InChI is InChI=1S/C10H15BF3N2O2/c1-8(2,17)9(3,4)18-11-6-5-15-16-7(6)10(12,13)14/h5,17H,1-4H3,(H,15,16). The lowest BCUT2D eigenvalue weighted by Gasteiger charge is -2.37. The Balaban J connectivity index is 2.80. The maximum absolute atomic E-state index is 12.5. The van der Waals surface area contributed by atoms with E-state index < -0.39 is 23.1 Å². The van der Waals surface area contributed by atoms with Crippen molar-refractivity contribution in [3.63, 3.8) is 0 Å². The Hall–Kier alpha value is -1.02. The summed E-state index contributed by atoms with van der Waals surface area (Å²) in [5.41, 5.74) is -3.42. The zero-order valence-electron chi connectivity index (χ0n) is 10.6. The number of aromatic amines is 1. The van der Waals surface area contributed by atoms with Gasteiger partial charge in [-0.05, 0) is 33.2 Å². The summed E-state index contributed by atoms with van der Waals surface area (Å²) in [7, 11) is 0.949. The fourth-order valence-electron chi connectivity index (χ4n) is 0.967. The third-order valence-electron chi connectivity index (χ3n) is 2.91. The van der Waals surface area contributed by atoms with Crippen LogP contribution >= 0.6 is 0 Å². The second-order valence-electron chi connectivity index (χ2n) is 5.00. The molecule has 4 nitrogen and oxygen atoms in total. The molecule has 1 radical (unpaired) electrons. The van der Waals surface area contributed by atoms with Crippen molar-refractivity contribution in [2.24, 2.45) is 0 Å². The zero-order chi connectivity index (χ0) is 14.2. The fraction of sp³-hybridized carbons (Fsp3) is 0.700. The molecule has 0 atom stereocenters. The van der Waals surface area contributed by atoms with Crippen LogP contribution in [0.15, 0.2) is 6.20 Å². The molecule has 101 valence electrons. The van der Waals surface area contributed by atoms with Crippen LogP contribution in [0.2, 0.25) is 0 Å². The van der Waals surface area contributed by atoms with Gasteiger partial charge in [0, 0.05) is 6.20 Å². The minimum absolute atomic E-state index is 0.208. The maximum atomic E-state index is 12.5. The third-order valence-corrected chi connectivity index (χ3v) is 2.91. The monoisotopic (exact) mass is 263 g/mol. The molecule has 0 spiro atoms. The number of alkyl halides is 3. The lowest BCUT2D eigenvalue weighted by Crippen LogP contribution is -2.49. The minimum Gasteiger partial charge on any atom is -0.426 e. The number of H-pyrrole nitrogens is 1. The highest BCUT2D eigenvalue weighted by molar-refractivity contribution is 6.47. The second kappa shape index (κ2) is 4.58. The van der Waals surface area contributed by atoms with Crippen molar-refractivity contribution in [1.82, 2.24) is 10.2 Å². The summed E-state index contributed by atoms with van der Waals surface area (Å²) < 4.78 is 42.9. The van der Waals surface area contributed by atoms with Gasteiger partial charge in [0.05, 0.1) is 11.2 Å². The number of nitrogens with zero attached hydrogens (tertiary/aromatic N) is 1. The highest BCUT2D eigenvalue weighted by Gasteiger charge is 2.39. The van der Waals surface area contributed by atoms with Crippen LogP contribution in [0.3, 0.4) is 0 Å². The number of halogens is 3. The number of hydrogen-bond donors (Lipinski definition) is 2. The van der Waals surface area contributed by atoms with E-state index >= 15 is 0 Å². The normalized spacial score (nSPS) is 13.8. The Morgan fingerprint density at radius 1 is 1.28 bits per heavy atom. The van der Waals surface area contributed by atoms with Crippen molar-refractivity contribution in [1.29, 1.82) is 0 Å². The minimum atomic E-state index is -4.52. The zero-order valence-corrected chi connectivity index (χ0v) is 10.6. The first-order chi connectivity index (χ1) is 7.95. The molecule has 1 rings (SSSR count). The van der Waals surface area contributed by atoms with Crippen molar-refractivity contribution in [3.05, 3.63) is 11.9 Å². The Morgan fingerprint density at radius 2 is 1.83 bits per heavy atom. The molecular formula is C10H15BF3N2O2. The summed E-state index contributed by atoms with van der Waals surface area (Å²) in [4.78, 5) is 0. The van der Waals surface area contributed by atoms with Gasteiger partial charge in [0.15, 0.2) is 0 Å². The summed E-state index contributed by atoms with van der Waals surface area (Å²) in [6, 6.07) is 0. The average molecular weight is 263 g/mol. The highest BCUT2D eigenvalue weighted by Crippen LogP contribution is 2.27. The Bertz CT molecular complexity index is 410. The van der Waals surface area contributed by atoms with Gasteiger partial charge in [-0.15, -0.1) is 0 Å². The Morgan fingerprint density at radius 3 is 2.28 bits per heavy atom. The highest BCUT2D eigenvalue weighted by atomic mass is 19.4. The molecule has 1 aromatic heterocycles. The predicted molar refractivity (Wildman–Crippen MR) is 60.4 cm³/mol. The van der Waals surface area contributed by atoms with Gasteiger partial charge in [-0.25, -0.2) is 0 Å². The van der Waals surface area contributed by atoms with E-state index in [1.807, 2.05) is 5.10 Å². The molecule has 0 saturated heterocycles. The van der Waals surface area contributed by atoms with Gasteiger partial charge >= 0.3 is 13.7 Å². The molecule has 0 aliphatic rings. The predicted octanol–water partition coefficient (Wildman–Crippen LogP) is 1.24. The van der Waals surface area contributed by atoms with Crippen LogP contribution in [0.1, 0.15) is 33.4 Å². The van der Waals surface area contributed by atoms with Gasteiger partial charge < -0.3 is 9.76 Å². The van der Waals surface area contributed by atoms with Crippen LogP contribution in [-0.4, -0.2) is 34.0 Å². The van der Waals surface area contributed by atoms with Gasteiger partial charge in [0.25, 0.3) is 0 Å². The van der Waals surface area contributed by atoms with Gasteiger partial charge in [-0.1, -0.05) is 0 Å². The van der Waals surface area contributed by atoms with E-state index in [2.05, 4.69) is 5.10 Å². The summed E-state index contributed by atoms with van der Waals surface area (Å²) in [6.07, 6.45) is -3.51. The van der Waals surface area contributed by atoms with E-state index in [-0.39, 0.29) is 5.46 Å².